The Kier molecular flexibility index (Phi) is 4.39. The van der Waals surface area contributed by atoms with E-state index in [4.69, 9.17) is 11.6 Å². The van der Waals surface area contributed by atoms with E-state index in [0.29, 0.717) is 30.1 Å². The quantitative estimate of drug-likeness (QED) is 0.695. The second kappa shape index (κ2) is 6.84. The van der Waals surface area contributed by atoms with E-state index in [1.165, 1.54) is 0 Å². The molecule has 1 aliphatic heterocycles. The summed E-state index contributed by atoms with van der Waals surface area (Å²) in [5, 5.41) is 0.606. The van der Waals surface area contributed by atoms with Gasteiger partial charge in [-0.3, -0.25) is 9.78 Å². The van der Waals surface area contributed by atoms with Crippen molar-refractivity contribution in [2.24, 2.45) is 0 Å². The molecule has 26 heavy (non-hydrogen) atoms. The average Bonchev–Trinajstić information content (AvgIpc) is 2.69. The van der Waals surface area contributed by atoms with Crippen LogP contribution in [0, 0.1) is 6.92 Å². The van der Waals surface area contributed by atoms with Gasteiger partial charge in [-0.1, -0.05) is 17.7 Å². The summed E-state index contributed by atoms with van der Waals surface area (Å²) < 4.78 is 0. The predicted molar refractivity (Wildman–Crippen MR) is 99.9 cm³/mol. The first-order valence-corrected chi connectivity index (χ1v) is 8.80. The third kappa shape index (κ3) is 2.95. The number of fused-ring (bicyclic) bond motifs is 1. The Morgan fingerprint density at radius 3 is 2.77 bits per heavy atom. The van der Waals surface area contributed by atoms with Crippen molar-refractivity contribution in [3.8, 4) is 11.3 Å². The zero-order valence-electron chi connectivity index (χ0n) is 14.3. The van der Waals surface area contributed by atoms with Crippen LogP contribution in [0.3, 0.4) is 0 Å². The van der Waals surface area contributed by atoms with Crippen molar-refractivity contribution in [1.29, 1.82) is 0 Å². The van der Waals surface area contributed by atoms with Gasteiger partial charge in [0.2, 0.25) is 0 Å². The van der Waals surface area contributed by atoms with Crippen LogP contribution < -0.4 is 0 Å². The molecular formula is C20H17ClN4O. The molecule has 5 nitrogen and oxygen atoms in total. The normalized spacial score (nSPS) is 13.4. The smallest absolute Gasteiger partial charge is 0.254 e. The van der Waals surface area contributed by atoms with Gasteiger partial charge in [0.25, 0.3) is 5.91 Å². The predicted octanol–water partition coefficient (Wildman–Crippen LogP) is 3.70. The van der Waals surface area contributed by atoms with Crippen LogP contribution in [-0.4, -0.2) is 32.3 Å². The van der Waals surface area contributed by atoms with Gasteiger partial charge in [-0.15, -0.1) is 0 Å². The SMILES string of the molecule is Cc1c(Cl)cccc1C(=O)N1CCc2ncnc(-c3ccncc3)c2C1. The molecule has 1 amide bonds. The lowest BCUT2D eigenvalue weighted by Gasteiger charge is -2.30. The first kappa shape index (κ1) is 16.7. The lowest BCUT2D eigenvalue weighted by atomic mass is 9.98. The van der Waals surface area contributed by atoms with Crippen molar-refractivity contribution in [3.63, 3.8) is 0 Å². The van der Waals surface area contributed by atoms with Gasteiger partial charge in [0.05, 0.1) is 11.4 Å². The number of pyridine rings is 1. The van der Waals surface area contributed by atoms with Gasteiger partial charge in [0.1, 0.15) is 6.33 Å². The molecule has 0 radical (unpaired) electrons. The number of amides is 1. The molecule has 0 N–H and O–H groups in total. The molecule has 1 aliphatic rings. The minimum atomic E-state index is -0.0137. The number of halogens is 1. The number of hydrogen-bond acceptors (Lipinski definition) is 4. The number of aromatic nitrogens is 3. The highest BCUT2D eigenvalue weighted by molar-refractivity contribution is 6.31. The molecule has 0 aliphatic carbocycles. The molecule has 0 saturated carbocycles. The van der Waals surface area contributed by atoms with Crippen molar-refractivity contribution in [2.75, 3.05) is 6.54 Å². The number of benzene rings is 1. The third-order valence-corrected chi connectivity index (χ3v) is 5.15. The van der Waals surface area contributed by atoms with Crippen LogP contribution in [0.1, 0.15) is 27.2 Å². The number of carbonyl (C=O) groups excluding carboxylic acids is 1. The highest BCUT2D eigenvalue weighted by Crippen LogP contribution is 2.28. The van der Waals surface area contributed by atoms with Gasteiger partial charge in [0.15, 0.2) is 0 Å². The minimum Gasteiger partial charge on any atom is -0.334 e. The molecule has 4 rings (SSSR count). The summed E-state index contributed by atoms with van der Waals surface area (Å²) in [6.07, 6.45) is 5.78. The van der Waals surface area contributed by atoms with E-state index < -0.39 is 0 Å². The number of rotatable bonds is 2. The number of hydrogen-bond donors (Lipinski definition) is 0. The fourth-order valence-electron chi connectivity index (χ4n) is 3.28. The monoisotopic (exact) mass is 364 g/mol. The van der Waals surface area contributed by atoms with E-state index in [1.807, 2.05) is 36.1 Å². The maximum absolute atomic E-state index is 13.0. The molecule has 0 bridgehead atoms. The van der Waals surface area contributed by atoms with Crippen LogP contribution in [0.15, 0.2) is 49.1 Å². The summed E-state index contributed by atoms with van der Waals surface area (Å²) in [6.45, 7) is 2.99. The van der Waals surface area contributed by atoms with Crippen molar-refractivity contribution in [3.05, 3.63) is 76.5 Å². The maximum Gasteiger partial charge on any atom is 0.254 e. The Morgan fingerprint density at radius 1 is 1.15 bits per heavy atom. The summed E-state index contributed by atoms with van der Waals surface area (Å²) >= 11 is 6.19. The van der Waals surface area contributed by atoms with E-state index in [0.717, 1.165) is 28.1 Å². The lowest BCUT2D eigenvalue weighted by Crippen LogP contribution is -2.37. The molecule has 0 saturated heterocycles. The van der Waals surface area contributed by atoms with E-state index in [9.17, 15) is 4.79 Å². The minimum absolute atomic E-state index is 0.0137. The average molecular weight is 365 g/mol. The standard InChI is InChI=1S/C20H17ClN4O/c1-13-15(3-2-4-17(13)21)20(26)25-10-7-18-16(11-25)19(24-12-23-18)14-5-8-22-9-6-14/h2-6,8-9,12H,7,10-11H2,1H3. The topological polar surface area (TPSA) is 59.0 Å². The van der Waals surface area contributed by atoms with Crippen molar-refractivity contribution < 1.29 is 4.79 Å². The largest absolute Gasteiger partial charge is 0.334 e. The molecule has 3 aromatic rings. The van der Waals surface area contributed by atoms with Crippen LogP contribution in [-0.2, 0) is 13.0 Å². The molecule has 3 heterocycles. The fraction of sp³-hybridized carbons (Fsp3) is 0.200. The molecule has 0 unspecified atom stereocenters. The van der Waals surface area contributed by atoms with Gasteiger partial charge in [-0.2, -0.15) is 0 Å². The first-order valence-electron chi connectivity index (χ1n) is 8.42. The molecule has 2 aromatic heterocycles. The molecule has 0 fully saturated rings. The van der Waals surface area contributed by atoms with Gasteiger partial charge in [0, 0.05) is 53.6 Å². The molecule has 130 valence electrons. The first-order chi connectivity index (χ1) is 12.6. The molecule has 0 atom stereocenters. The third-order valence-electron chi connectivity index (χ3n) is 4.74. The Balaban J connectivity index is 1.70. The van der Waals surface area contributed by atoms with Crippen molar-refractivity contribution >= 4 is 17.5 Å². The maximum atomic E-state index is 13.0. The summed E-state index contributed by atoms with van der Waals surface area (Å²) in [5.74, 6) is -0.0137. The zero-order chi connectivity index (χ0) is 18.1. The van der Waals surface area contributed by atoms with Gasteiger partial charge >= 0.3 is 0 Å². The molecule has 0 spiro atoms. The van der Waals surface area contributed by atoms with E-state index >= 15 is 0 Å². The zero-order valence-corrected chi connectivity index (χ0v) is 15.1. The van der Waals surface area contributed by atoms with Crippen LogP contribution in [0.2, 0.25) is 5.02 Å². The van der Waals surface area contributed by atoms with E-state index in [2.05, 4.69) is 15.0 Å². The van der Waals surface area contributed by atoms with Gasteiger partial charge in [-0.05, 0) is 36.8 Å². The fourth-order valence-corrected chi connectivity index (χ4v) is 3.46. The Hall–Kier alpha value is -2.79. The molecule has 1 aromatic carbocycles. The summed E-state index contributed by atoms with van der Waals surface area (Å²) in [5.41, 5.74) is 5.29. The second-order valence-corrected chi connectivity index (χ2v) is 6.68. The van der Waals surface area contributed by atoms with E-state index in [-0.39, 0.29) is 5.91 Å². The van der Waals surface area contributed by atoms with Gasteiger partial charge in [-0.25, -0.2) is 9.97 Å². The Bertz CT molecular complexity index is 975. The number of carbonyl (C=O) groups is 1. The van der Waals surface area contributed by atoms with Crippen LogP contribution in [0.25, 0.3) is 11.3 Å². The van der Waals surface area contributed by atoms with Crippen molar-refractivity contribution in [1.82, 2.24) is 19.9 Å². The molecular weight excluding hydrogens is 348 g/mol. The Labute approximate surface area is 156 Å². The second-order valence-electron chi connectivity index (χ2n) is 6.27. The van der Waals surface area contributed by atoms with Crippen LogP contribution in [0.4, 0.5) is 0 Å². The van der Waals surface area contributed by atoms with E-state index in [1.54, 1.807) is 24.8 Å². The highest BCUT2D eigenvalue weighted by Gasteiger charge is 2.26. The molecule has 6 heteroatoms. The summed E-state index contributed by atoms with van der Waals surface area (Å²) in [7, 11) is 0. The van der Waals surface area contributed by atoms with Crippen LogP contribution in [0.5, 0.6) is 0 Å². The van der Waals surface area contributed by atoms with Crippen molar-refractivity contribution in [2.45, 2.75) is 19.9 Å². The summed E-state index contributed by atoms with van der Waals surface area (Å²) in [4.78, 5) is 27.8. The number of nitrogens with zero attached hydrogens (tertiary/aromatic N) is 4. The Morgan fingerprint density at radius 2 is 1.96 bits per heavy atom. The van der Waals surface area contributed by atoms with Crippen LogP contribution >= 0.6 is 11.6 Å². The highest BCUT2D eigenvalue weighted by atomic mass is 35.5. The summed E-state index contributed by atoms with van der Waals surface area (Å²) in [6, 6.07) is 9.28. The lowest BCUT2D eigenvalue weighted by molar-refractivity contribution is 0.0733. The van der Waals surface area contributed by atoms with Gasteiger partial charge < -0.3 is 4.90 Å².